The van der Waals surface area contributed by atoms with E-state index in [0.29, 0.717) is 59.6 Å². The Bertz CT molecular complexity index is 1310. The lowest BCUT2D eigenvalue weighted by molar-refractivity contribution is 0.101. The second kappa shape index (κ2) is 9.97. The van der Waals surface area contributed by atoms with Gasteiger partial charge in [-0.05, 0) is 37.6 Å². The van der Waals surface area contributed by atoms with Crippen molar-refractivity contribution >= 4 is 34.2 Å². The first-order valence-electron chi connectivity index (χ1n) is 10.3. The number of rotatable bonds is 10. The van der Waals surface area contributed by atoms with E-state index in [-0.39, 0.29) is 11.3 Å². The number of ketones is 1. The Hall–Kier alpha value is -3.17. The summed E-state index contributed by atoms with van der Waals surface area (Å²) in [5, 5.41) is 9.95. The lowest BCUT2D eigenvalue weighted by atomic mass is 10.1. The van der Waals surface area contributed by atoms with E-state index in [4.69, 9.17) is 9.47 Å². The van der Waals surface area contributed by atoms with Crippen molar-refractivity contribution in [2.45, 2.75) is 25.0 Å². The Morgan fingerprint density at radius 3 is 2.66 bits per heavy atom. The zero-order valence-electron chi connectivity index (χ0n) is 18.0. The summed E-state index contributed by atoms with van der Waals surface area (Å²) in [6, 6.07) is 14.7. The molecular formula is C23H24N4O4S. The van der Waals surface area contributed by atoms with Crippen molar-refractivity contribution < 1.29 is 14.3 Å². The number of thioether (sulfide) groups is 1. The molecule has 0 fully saturated rings. The molecule has 0 atom stereocenters. The molecule has 4 rings (SSSR count). The standard InChI is InChI=1S/C23H24N4O4S/c1-16(28)17-8-4-6-11-20(17)31-14-15-32-23-25-24-22-26(12-7-13-30-2)21(29)18-9-3-5-10-19(18)27(22)23/h3-6,8-11H,7,12-15H2,1-2H3. The number of methoxy groups -OCH3 is 1. The zero-order chi connectivity index (χ0) is 22.5. The van der Waals surface area contributed by atoms with Crippen LogP contribution in [-0.2, 0) is 11.3 Å². The summed E-state index contributed by atoms with van der Waals surface area (Å²) in [6.45, 7) is 2.97. The number of hydrogen-bond acceptors (Lipinski definition) is 7. The largest absolute Gasteiger partial charge is 0.492 e. The molecular weight excluding hydrogens is 428 g/mol. The first-order chi connectivity index (χ1) is 15.6. The van der Waals surface area contributed by atoms with Crippen LogP contribution < -0.4 is 10.3 Å². The second-order valence-corrected chi connectivity index (χ2v) is 8.25. The Labute approximate surface area is 189 Å². The summed E-state index contributed by atoms with van der Waals surface area (Å²) in [6.07, 6.45) is 0.698. The quantitative estimate of drug-likeness (QED) is 0.207. The molecule has 0 amide bonds. The smallest absolute Gasteiger partial charge is 0.262 e. The van der Waals surface area contributed by atoms with Crippen molar-refractivity contribution in [3.63, 3.8) is 0 Å². The molecule has 0 bridgehead atoms. The van der Waals surface area contributed by atoms with Crippen molar-refractivity contribution in [1.82, 2.24) is 19.2 Å². The van der Waals surface area contributed by atoms with Crippen LogP contribution in [0.1, 0.15) is 23.7 Å². The molecule has 2 aromatic heterocycles. The number of aryl methyl sites for hydroxylation is 1. The lowest BCUT2D eigenvalue weighted by Gasteiger charge is -2.11. The van der Waals surface area contributed by atoms with Gasteiger partial charge in [-0.15, -0.1) is 10.2 Å². The highest BCUT2D eigenvalue weighted by Crippen LogP contribution is 2.23. The number of aromatic nitrogens is 4. The van der Waals surface area contributed by atoms with Crippen LogP contribution in [0.25, 0.3) is 16.7 Å². The topological polar surface area (TPSA) is 87.7 Å². The van der Waals surface area contributed by atoms with Gasteiger partial charge in [0.25, 0.3) is 5.56 Å². The van der Waals surface area contributed by atoms with Gasteiger partial charge in [-0.3, -0.25) is 18.6 Å². The zero-order valence-corrected chi connectivity index (χ0v) is 18.8. The van der Waals surface area contributed by atoms with E-state index in [1.54, 1.807) is 23.8 Å². The third kappa shape index (κ3) is 4.39. The van der Waals surface area contributed by atoms with Gasteiger partial charge < -0.3 is 9.47 Å². The summed E-state index contributed by atoms with van der Waals surface area (Å²) in [5.74, 6) is 1.65. The molecule has 0 aliphatic heterocycles. The van der Waals surface area contributed by atoms with Crippen molar-refractivity contribution in [2.24, 2.45) is 0 Å². The fourth-order valence-electron chi connectivity index (χ4n) is 3.56. The average molecular weight is 453 g/mol. The van der Waals surface area contributed by atoms with Gasteiger partial charge in [0, 0.05) is 26.0 Å². The van der Waals surface area contributed by atoms with Crippen LogP contribution in [0.2, 0.25) is 0 Å². The SMILES string of the molecule is COCCCn1c(=O)c2ccccc2n2c(SCCOc3ccccc3C(C)=O)nnc12. The Balaban J connectivity index is 1.59. The number of hydrogen-bond donors (Lipinski definition) is 0. The number of Topliss-reactive ketones (excluding diaryl/α,β-unsaturated/α-hetero) is 1. The van der Waals surface area contributed by atoms with E-state index < -0.39 is 0 Å². The molecule has 4 aromatic rings. The monoisotopic (exact) mass is 452 g/mol. The first kappa shape index (κ1) is 22.0. The third-order valence-electron chi connectivity index (χ3n) is 5.05. The minimum Gasteiger partial charge on any atom is -0.492 e. The van der Waals surface area contributed by atoms with Crippen LogP contribution >= 0.6 is 11.8 Å². The summed E-state index contributed by atoms with van der Waals surface area (Å²) in [5.41, 5.74) is 1.25. The van der Waals surface area contributed by atoms with Gasteiger partial charge in [-0.1, -0.05) is 36.0 Å². The van der Waals surface area contributed by atoms with E-state index in [9.17, 15) is 9.59 Å². The van der Waals surface area contributed by atoms with Crippen LogP contribution in [0, 0.1) is 0 Å². The average Bonchev–Trinajstić information content (AvgIpc) is 3.23. The predicted octanol–water partition coefficient (Wildman–Crippen LogP) is 3.45. The fraction of sp³-hybridized carbons (Fsp3) is 0.304. The maximum absolute atomic E-state index is 13.0. The third-order valence-corrected chi connectivity index (χ3v) is 5.94. The van der Waals surface area contributed by atoms with E-state index in [1.807, 2.05) is 40.8 Å². The fourth-order valence-corrected chi connectivity index (χ4v) is 4.32. The van der Waals surface area contributed by atoms with Crippen molar-refractivity contribution in [3.8, 4) is 5.75 Å². The van der Waals surface area contributed by atoms with Gasteiger partial charge in [0.2, 0.25) is 5.78 Å². The number of carbonyl (C=O) groups excluding carboxylic acids is 1. The molecule has 9 heteroatoms. The highest BCUT2D eigenvalue weighted by molar-refractivity contribution is 7.99. The summed E-state index contributed by atoms with van der Waals surface area (Å²) in [4.78, 5) is 24.8. The molecule has 0 aliphatic rings. The molecule has 8 nitrogen and oxygen atoms in total. The Morgan fingerprint density at radius 1 is 1.06 bits per heavy atom. The number of fused-ring (bicyclic) bond motifs is 3. The van der Waals surface area contributed by atoms with Gasteiger partial charge in [-0.25, -0.2) is 0 Å². The Kier molecular flexibility index (Phi) is 6.87. The molecule has 0 aliphatic carbocycles. The molecule has 0 saturated heterocycles. The van der Waals surface area contributed by atoms with E-state index in [2.05, 4.69) is 10.2 Å². The minimum atomic E-state index is -0.0858. The molecule has 0 spiro atoms. The number of ether oxygens (including phenoxy) is 2. The van der Waals surface area contributed by atoms with E-state index >= 15 is 0 Å². The van der Waals surface area contributed by atoms with Gasteiger partial charge in [0.1, 0.15) is 5.75 Å². The predicted molar refractivity (Wildman–Crippen MR) is 124 cm³/mol. The van der Waals surface area contributed by atoms with Crippen molar-refractivity contribution in [2.75, 3.05) is 26.1 Å². The second-order valence-electron chi connectivity index (χ2n) is 7.19. The molecule has 2 heterocycles. The Morgan fingerprint density at radius 2 is 1.84 bits per heavy atom. The van der Waals surface area contributed by atoms with Crippen LogP contribution in [-0.4, -0.2) is 51.0 Å². The van der Waals surface area contributed by atoms with E-state index in [1.165, 1.54) is 18.7 Å². The number of benzene rings is 2. The van der Waals surface area contributed by atoms with Crippen LogP contribution in [0.5, 0.6) is 5.75 Å². The number of para-hydroxylation sites is 2. The normalized spacial score (nSPS) is 11.3. The highest BCUT2D eigenvalue weighted by Gasteiger charge is 2.16. The van der Waals surface area contributed by atoms with Crippen molar-refractivity contribution in [3.05, 3.63) is 64.4 Å². The first-order valence-corrected chi connectivity index (χ1v) is 11.3. The molecule has 166 valence electrons. The van der Waals surface area contributed by atoms with Crippen LogP contribution in [0.3, 0.4) is 0 Å². The van der Waals surface area contributed by atoms with Gasteiger partial charge in [0.15, 0.2) is 10.9 Å². The maximum atomic E-state index is 13.0. The molecule has 2 aromatic carbocycles. The van der Waals surface area contributed by atoms with Gasteiger partial charge >= 0.3 is 0 Å². The molecule has 0 saturated carbocycles. The van der Waals surface area contributed by atoms with Crippen LogP contribution in [0.15, 0.2) is 58.5 Å². The van der Waals surface area contributed by atoms with E-state index in [0.717, 1.165) is 5.52 Å². The number of nitrogens with zero attached hydrogens (tertiary/aromatic N) is 4. The van der Waals surface area contributed by atoms with Gasteiger partial charge in [0.05, 0.1) is 23.1 Å². The lowest BCUT2D eigenvalue weighted by Crippen LogP contribution is -2.24. The maximum Gasteiger partial charge on any atom is 0.262 e. The molecule has 0 unspecified atom stereocenters. The molecule has 0 N–H and O–H groups in total. The van der Waals surface area contributed by atoms with Crippen molar-refractivity contribution in [1.29, 1.82) is 0 Å². The summed E-state index contributed by atoms with van der Waals surface area (Å²) < 4.78 is 14.5. The number of carbonyl (C=O) groups is 1. The molecule has 32 heavy (non-hydrogen) atoms. The summed E-state index contributed by atoms with van der Waals surface area (Å²) in [7, 11) is 1.64. The molecule has 0 radical (unpaired) electrons. The van der Waals surface area contributed by atoms with Crippen LogP contribution in [0.4, 0.5) is 0 Å². The summed E-state index contributed by atoms with van der Waals surface area (Å²) >= 11 is 1.49. The van der Waals surface area contributed by atoms with Gasteiger partial charge in [-0.2, -0.15) is 0 Å². The highest BCUT2D eigenvalue weighted by atomic mass is 32.2. The minimum absolute atomic E-state index is 0.0328.